The van der Waals surface area contributed by atoms with E-state index in [1.165, 1.54) is 5.56 Å². The van der Waals surface area contributed by atoms with Crippen molar-refractivity contribution >= 4 is 0 Å². The zero-order valence-electron chi connectivity index (χ0n) is 10.4. The minimum absolute atomic E-state index is 0.187. The molecule has 1 nitrogen and oxygen atoms in total. The Morgan fingerprint density at radius 1 is 0.947 bits per heavy atom. The van der Waals surface area contributed by atoms with E-state index in [-0.39, 0.29) is 5.56 Å². The van der Waals surface area contributed by atoms with Crippen LogP contribution in [0, 0.1) is 23.5 Å². The molecule has 3 heteroatoms. The molecule has 0 saturated carbocycles. The predicted molar refractivity (Wildman–Crippen MR) is 69.8 cm³/mol. The van der Waals surface area contributed by atoms with Crippen molar-refractivity contribution in [3.63, 3.8) is 0 Å². The Morgan fingerprint density at radius 2 is 1.47 bits per heavy atom. The van der Waals surface area contributed by atoms with E-state index < -0.39 is 17.4 Å². The number of hydrogen-bond donors (Lipinski definition) is 1. The van der Waals surface area contributed by atoms with E-state index in [0.29, 0.717) is 0 Å². The van der Waals surface area contributed by atoms with Crippen molar-refractivity contribution in [2.75, 3.05) is 0 Å². The van der Waals surface area contributed by atoms with Crippen LogP contribution in [0.3, 0.4) is 0 Å². The van der Waals surface area contributed by atoms with Crippen molar-refractivity contribution in [2.45, 2.75) is 13.3 Å². The van der Waals surface area contributed by atoms with Gasteiger partial charge in [0, 0.05) is 11.1 Å². The van der Waals surface area contributed by atoms with Gasteiger partial charge in [-0.05, 0) is 36.2 Å². The highest BCUT2D eigenvalue weighted by Crippen LogP contribution is 2.20. The van der Waals surface area contributed by atoms with Crippen molar-refractivity contribution in [3.05, 3.63) is 64.7 Å². The van der Waals surface area contributed by atoms with Gasteiger partial charge in [-0.3, -0.25) is 0 Å². The van der Waals surface area contributed by atoms with Crippen molar-refractivity contribution in [3.8, 4) is 17.6 Å². The van der Waals surface area contributed by atoms with E-state index in [1.807, 2.05) is 24.3 Å². The molecule has 0 bridgehead atoms. The first-order valence-corrected chi connectivity index (χ1v) is 5.89. The molecule has 0 spiro atoms. The first kappa shape index (κ1) is 13.1. The summed E-state index contributed by atoms with van der Waals surface area (Å²) >= 11 is 0. The first-order chi connectivity index (χ1) is 9.10. The maximum Gasteiger partial charge on any atom is 0.187 e. The van der Waals surface area contributed by atoms with E-state index in [2.05, 4.69) is 18.8 Å². The third-order valence-corrected chi connectivity index (χ3v) is 2.73. The Balaban J connectivity index is 2.28. The summed E-state index contributed by atoms with van der Waals surface area (Å²) in [7, 11) is 0. The number of rotatable bonds is 1. The second-order valence-electron chi connectivity index (χ2n) is 4.09. The van der Waals surface area contributed by atoms with Gasteiger partial charge in [0.2, 0.25) is 0 Å². The number of phenols is 1. The lowest BCUT2D eigenvalue weighted by atomic mass is 10.1. The van der Waals surface area contributed by atoms with Crippen LogP contribution in [0.25, 0.3) is 0 Å². The number of phenolic OH excluding ortho intramolecular Hbond substituents is 1. The van der Waals surface area contributed by atoms with Gasteiger partial charge in [0.05, 0.1) is 0 Å². The number of halogens is 2. The number of hydrogen-bond acceptors (Lipinski definition) is 1. The molecule has 0 unspecified atom stereocenters. The highest BCUT2D eigenvalue weighted by Gasteiger charge is 2.07. The standard InChI is InChI=1S/C16H12F2O/c1-2-11-3-5-12(6-4-11)7-8-13-9-14(17)16(19)15(18)10-13/h3-6,9-10,19H,2H2,1H3. The molecule has 0 aliphatic heterocycles. The molecule has 2 rings (SSSR count). The fourth-order valence-electron chi connectivity index (χ4n) is 1.61. The second kappa shape index (κ2) is 5.53. The zero-order chi connectivity index (χ0) is 13.8. The zero-order valence-corrected chi connectivity index (χ0v) is 10.4. The average Bonchev–Trinajstić information content (AvgIpc) is 2.43. The molecule has 1 N–H and O–H groups in total. The summed E-state index contributed by atoms with van der Waals surface area (Å²) in [5.41, 5.74) is 2.16. The molecule has 0 aromatic heterocycles. The van der Waals surface area contributed by atoms with Gasteiger partial charge < -0.3 is 5.11 Å². The molecule has 2 aromatic rings. The third-order valence-electron chi connectivity index (χ3n) is 2.73. The van der Waals surface area contributed by atoms with Crippen LogP contribution in [0.4, 0.5) is 8.78 Å². The maximum absolute atomic E-state index is 13.1. The lowest BCUT2D eigenvalue weighted by Crippen LogP contribution is -1.86. The van der Waals surface area contributed by atoms with Crippen LogP contribution in [-0.4, -0.2) is 5.11 Å². The summed E-state index contributed by atoms with van der Waals surface area (Å²) in [4.78, 5) is 0. The molecule has 0 radical (unpaired) electrons. The molecule has 96 valence electrons. The highest BCUT2D eigenvalue weighted by atomic mass is 19.1. The van der Waals surface area contributed by atoms with Crippen molar-refractivity contribution < 1.29 is 13.9 Å². The molecule has 0 amide bonds. The van der Waals surface area contributed by atoms with Crippen LogP contribution in [0.15, 0.2) is 36.4 Å². The summed E-state index contributed by atoms with van der Waals surface area (Å²) in [6.07, 6.45) is 0.947. The van der Waals surface area contributed by atoms with Crippen LogP contribution in [0.1, 0.15) is 23.6 Å². The van der Waals surface area contributed by atoms with Crippen LogP contribution >= 0.6 is 0 Å². The smallest absolute Gasteiger partial charge is 0.187 e. The van der Waals surface area contributed by atoms with Gasteiger partial charge in [-0.15, -0.1) is 0 Å². The summed E-state index contributed by atoms with van der Waals surface area (Å²) in [5, 5.41) is 8.98. The molecule has 0 aliphatic carbocycles. The van der Waals surface area contributed by atoms with Gasteiger partial charge in [-0.25, -0.2) is 8.78 Å². The van der Waals surface area contributed by atoms with Gasteiger partial charge in [0.15, 0.2) is 17.4 Å². The molecule has 0 atom stereocenters. The van der Waals surface area contributed by atoms with E-state index in [4.69, 9.17) is 5.11 Å². The first-order valence-electron chi connectivity index (χ1n) is 5.89. The monoisotopic (exact) mass is 258 g/mol. The topological polar surface area (TPSA) is 20.2 Å². The minimum Gasteiger partial charge on any atom is -0.503 e. The number of benzene rings is 2. The van der Waals surface area contributed by atoms with Gasteiger partial charge in [-0.2, -0.15) is 0 Å². The maximum atomic E-state index is 13.1. The van der Waals surface area contributed by atoms with Crippen molar-refractivity contribution in [2.24, 2.45) is 0 Å². The molecular weight excluding hydrogens is 246 g/mol. The largest absolute Gasteiger partial charge is 0.503 e. The van der Waals surface area contributed by atoms with Crippen LogP contribution in [0.2, 0.25) is 0 Å². The Kier molecular flexibility index (Phi) is 3.82. The summed E-state index contributed by atoms with van der Waals surface area (Å²) in [6.45, 7) is 2.06. The van der Waals surface area contributed by atoms with Crippen molar-refractivity contribution in [1.82, 2.24) is 0 Å². The minimum atomic E-state index is -1.01. The van der Waals surface area contributed by atoms with E-state index in [1.54, 1.807) is 0 Å². The third kappa shape index (κ3) is 3.11. The molecule has 0 saturated heterocycles. The highest BCUT2D eigenvalue weighted by molar-refractivity contribution is 5.45. The Hall–Kier alpha value is -2.34. The summed E-state index contributed by atoms with van der Waals surface area (Å²) < 4.78 is 26.2. The van der Waals surface area contributed by atoms with E-state index in [9.17, 15) is 8.78 Å². The molecule has 0 heterocycles. The fourth-order valence-corrected chi connectivity index (χ4v) is 1.61. The normalized spacial score (nSPS) is 9.84. The molecular formula is C16H12F2O. The Morgan fingerprint density at radius 3 is 2.00 bits per heavy atom. The summed E-state index contributed by atoms with van der Waals surface area (Å²) in [6, 6.07) is 9.65. The molecule has 0 fully saturated rings. The lowest BCUT2D eigenvalue weighted by molar-refractivity contribution is 0.396. The second-order valence-corrected chi connectivity index (χ2v) is 4.09. The van der Waals surface area contributed by atoms with Crippen LogP contribution in [0.5, 0.6) is 5.75 Å². The van der Waals surface area contributed by atoms with E-state index >= 15 is 0 Å². The lowest BCUT2D eigenvalue weighted by Gasteiger charge is -1.98. The Bertz CT molecular complexity index is 626. The van der Waals surface area contributed by atoms with Crippen LogP contribution < -0.4 is 0 Å². The molecule has 0 aliphatic rings. The van der Waals surface area contributed by atoms with E-state index in [0.717, 1.165) is 24.1 Å². The quantitative estimate of drug-likeness (QED) is 0.774. The molecule has 19 heavy (non-hydrogen) atoms. The van der Waals surface area contributed by atoms with Crippen LogP contribution in [-0.2, 0) is 6.42 Å². The average molecular weight is 258 g/mol. The van der Waals surface area contributed by atoms with Gasteiger partial charge in [0.1, 0.15) is 0 Å². The Labute approximate surface area is 110 Å². The molecule has 2 aromatic carbocycles. The number of aryl methyl sites for hydroxylation is 1. The predicted octanol–water partition coefficient (Wildman–Crippen LogP) is 3.63. The van der Waals surface area contributed by atoms with Gasteiger partial charge in [-0.1, -0.05) is 30.9 Å². The van der Waals surface area contributed by atoms with Crippen molar-refractivity contribution in [1.29, 1.82) is 0 Å². The fraction of sp³-hybridized carbons (Fsp3) is 0.125. The summed E-state index contributed by atoms with van der Waals surface area (Å²) in [5.74, 6) is 2.50. The SMILES string of the molecule is CCc1ccc(C#Cc2cc(F)c(O)c(F)c2)cc1. The number of aromatic hydroxyl groups is 1. The van der Waals surface area contributed by atoms with Gasteiger partial charge in [0.25, 0.3) is 0 Å². The van der Waals surface area contributed by atoms with Gasteiger partial charge >= 0.3 is 0 Å².